The highest BCUT2D eigenvalue weighted by atomic mass is 16.3. The van der Waals surface area contributed by atoms with Crippen LogP contribution in [0.3, 0.4) is 0 Å². The Hall–Kier alpha value is -5.80. The Morgan fingerprint density at radius 2 is 1.27 bits per heavy atom. The van der Waals surface area contributed by atoms with Gasteiger partial charge in [-0.25, -0.2) is 4.99 Å². The van der Waals surface area contributed by atoms with E-state index < -0.39 is 0 Å². The van der Waals surface area contributed by atoms with Gasteiger partial charge in [0.2, 0.25) is 0 Å². The molecular weight excluding hydrogens is 597 g/mol. The normalized spacial score (nSPS) is 11.3. The zero-order valence-corrected chi connectivity index (χ0v) is 29.4. The number of hydrogen-bond acceptors (Lipinski definition) is 2. The van der Waals surface area contributed by atoms with Gasteiger partial charge >= 0.3 is 0 Å². The Kier molecular flexibility index (Phi) is 13.6. The van der Waals surface area contributed by atoms with E-state index in [0.29, 0.717) is 0 Å². The van der Waals surface area contributed by atoms with Crippen LogP contribution in [0.2, 0.25) is 0 Å². The maximum Gasteiger partial charge on any atom is 0.136 e. The van der Waals surface area contributed by atoms with Gasteiger partial charge in [-0.3, -0.25) is 5.41 Å². The smallest absolute Gasteiger partial charge is 0.136 e. The van der Waals surface area contributed by atoms with Crippen LogP contribution in [-0.4, -0.2) is 12.1 Å². The van der Waals surface area contributed by atoms with Crippen molar-refractivity contribution in [3.8, 4) is 11.1 Å². The molecule has 0 saturated heterocycles. The summed E-state index contributed by atoms with van der Waals surface area (Å²) in [7, 11) is 0. The molecule has 0 aliphatic heterocycles. The first-order valence-corrected chi connectivity index (χ1v) is 16.9. The van der Waals surface area contributed by atoms with Gasteiger partial charge in [0.05, 0.1) is 5.71 Å². The molecule has 0 radical (unpaired) electrons. The monoisotopic (exact) mass is 642 g/mol. The molecule has 0 amide bonds. The Morgan fingerprint density at radius 1 is 0.653 bits per heavy atom. The van der Waals surface area contributed by atoms with Gasteiger partial charge in [-0.1, -0.05) is 158 Å². The summed E-state index contributed by atoms with van der Waals surface area (Å²) < 4.78 is 6.10. The first kappa shape index (κ1) is 36.0. The first-order valence-electron chi connectivity index (χ1n) is 16.9. The van der Waals surface area contributed by atoms with Gasteiger partial charge in [-0.05, 0) is 73.9 Å². The van der Waals surface area contributed by atoms with Gasteiger partial charge in [-0.2, -0.15) is 0 Å². The predicted octanol–water partition coefficient (Wildman–Crippen LogP) is 13.4. The standard InChI is InChI=1S/C27H20N2O.C10H8.C7H12.C2H6/c1-18-13-14-24-23(15-18)26-22(11-6-12-25(26)30-24)20-9-5-10-21(16-20)27(29-17-28)19-7-3-2-4-8-19;1-2-6-10-8-4-3-7-9(10)5-1;1-4-6-7(3)5-2;1-2/h2-17,28H,1H3;1-8H;4-6H,1-3H3;1-2H3/b;;6-4-,7-5-;. The zero-order chi connectivity index (χ0) is 35.0. The van der Waals surface area contributed by atoms with Crippen LogP contribution in [0.5, 0.6) is 0 Å². The minimum atomic E-state index is 0.785. The van der Waals surface area contributed by atoms with Crippen LogP contribution >= 0.6 is 0 Å². The second kappa shape index (κ2) is 18.5. The van der Waals surface area contributed by atoms with Gasteiger partial charge in [0.15, 0.2) is 0 Å². The molecule has 0 unspecified atom stereocenters. The van der Waals surface area contributed by atoms with Crippen LogP contribution in [-0.2, 0) is 0 Å². The summed E-state index contributed by atoms with van der Waals surface area (Å²) in [6.07, 6.45) is 7.30. The van der Waals surface area contributed by atoms with E-state index in [1.807, 2.05) is 94.4 Å². The van der Waals surface area contributed by atoms with E-state index in [9.17, 15) is 0 Å². The molecule has 0 aliphatic carbocycles. The van der Waals surface area contributed by atoms with Crippen molar-refractivity contribution in [2.24, 2.45) is 4.99 Å². The average molecular weight is 643 g/mol. The Morgan fingerprint density at radius 3 is 1.86 bits per heavy atom. The summed E-state index contributed by atoms with van der Waals surface area (Å²) in [5, 5.41) is 12.4. The van der Waals surface area contributed by atoms with E-state index in [1.54, 1.807) is 0 Å². The first-order chi connectivity index (χ1) is 24.0. The SMILES string of the molecule is C/C=C\C(C)=C/C.CC.Cc1ccc2oc3cccc(-c4cccc(C(=NC=N)c5ccccc5)c4)c3c2c1.c1ccc2ccccc2c1. The lowest BCUT2D eigenvalue weighted by molar-refractivity contribution is 0.669. The molecule has 1 N–H and O–H groups in total. The zero-order valence-electron chi connectivity index (χ0n) is 29.4. The summed E-state index contributed by atoms with van der Waals surface area (Å²) in [5.74, 6) is 0. The molecule has 3 nitrogen and oxygen atoms in total. The van der Waals surface area contributed by atoms with E-state index in [1.165, 1.54) is 21.9 Å². The van der Waals surface area contributed by atoms with Gasteiger partial charge in [-0.15, -0.1) is 0 Å². The number of aliphatic imine (C=N–C) groups is 1. The van der Waals surface area contributed by atoms with Crippen molar-refractivity contribution >= 4 is 44.8 Å². The van der Waals surface area contributed by atoms with E-state index >= 15 is 0 Å². The summed E-state index contributed by atoms with van der Waals surface area (Å²) in [4.78, 5) is 4.35. The fourth-order valence-electron chi connectivity index (χ4n) is 5.48. The number of allylic oxidation sites excluding steroid dienone is 4. The second-order valence-electron chi connectivity index (χ2n) is 11.2. The van der Waals surface area contributed by atoms with E-state index in [4.69, 9.17) is 9.83 Å². The quantitative estimate of drug-likeness (QED) is 0.113. The molecule has 49 heavy (non-hydrogen) atoms. The Labute approximate surface area is 291 Å². The lowest BCUT2D eigenvalue weighted by atomic mass is 9.95. The molecule has 3 heteroatoms. The molecule has 0 spiro atoms. The molecule has 7 aromatic rings. The molecular formula is C46H46N2O. The summed E-state index contributed by atoms with van der Waals surface area (Å²) >= 11 is 0. The molecule has 0 aliphatic rings. The van der Waals surface area contributed by atoms with Crippen LogP contribution in [0.15, 0.2) is 173 Å². The fourth-order valence-corrected chi connectivity index (χ4v) is 5.48. The van der Waals surface area contributed by atoms with Crippen molar-refractivity contribution in [2.75, 3.05) is 0 Å². The number of nitrogens with zero attached hydrogens (tertiary/aromatic N) is 1. The summed E-state index contributed by atoms with van der Waals surface area (Å²) in [6.45, 7) is 12.2. The summed E-state index contributed by atoms with van der Waals surface area (Å²) in [6, 6.07) is 47.5. The lowest BCUT2D eigenvalue weighted by Crippen LogP contribution is -2.03. The Bertz CT molecular complexity index is 2130. The molecule has 7 rings (SSSR count). The third-order valence-electron chi connectivity index (χ3n) is 7.88. The second-order valence-corrected chi connectivity index (χ2v) is 11.2. The van der Waals surface area contributed by atoms with Gasteiger partial charge in [0, 0.05) is 21.9 Å². The molecule has 1 heterocycles. The molecule has 246 valence electrons. The maximum atomic E-state index is 7.52. The van der Waals surface area contributed by atoms with Crippen molar-refractivity contribution in [3.05, 3.63) is 180 Å². The Balaban J connectivity index is 0.000000233. The van der Waals surface area contributed by atoms with Crippen LogP contribution in [0, 0.1) is 12.3 Å². The van der Waals surface area contributed by atoms with Crippen LogP contribution in [0.1, 0.15) is 51.3 Å². The largest absolute Gasteiger partial charge is 0.456 e. The minimum absolute atomic E-state index is 0.785. The summed E-state index contributed by atoms with van der Waals surface area (Å²) in [5.41, 5.74) is 9.28. The van der Waals surface area contributed by atoms with E-state index in [-0.39, 0.29) is 0 Å². The van der Waals surface area contributed by atoms with E-state index in [0.717, 1.165) is 56.2 Å². The molecule has 0 atom stereocenters. The average Bonchev–Trinajstić information content (AvgIpc) is 3.54. The number of hydrogen-bond donors (Lipinski definition) is 1. The number of nitrogens with one attached hydrogen (secondary N) is 1. The number of fused-ring (bicyclic) bond motifs is 4. The number of benzene rings is 6. The maximum absolute atomic E-state index is 7.52. The lowest BCUT2D eigenvalue weighted by Gasteiger charge is -2.10. The van der Waals surface area contributed by atoms with Crippen molar-refractivity contribution in [2.45, 2.75) is 41.5 Å². The number of rotatable bonds is 5. The highest BCUT2D eigenvalue weighted by Crippen LogP contribution is 2.37. The van der Waals surface area contributed by atoms with Crippen LogP contribution in [0.25, 0.3) is 43.8 Å². The topological polar surface area (TPSA) is 49.4 Å². The van der Waals surface area contributed by atoms with Crippen molar-refractivity contribution < 1.29 is 4.42 Å². The van der Waals surface area contributed by atoms with Gasteiger partial charge in [0.1, 0.15) is 17.5 Å². The van der Waals surface area contributed by atoms with E-state index in [2.05, 4.69) is 110 Å². The number of aryl methyl sites for hydroxylation is 1. The minimum Gasteiger partial charge on any atom is -0.456 e. The van der Waals surface area contributed by atoms with Crippen LogP contribution < -0.4 is 0 Å². The van der Waals surface area contributed by atoms with Gasteiger partial charge < -0.3 is 4.42 Å². The van der Waals surface area contributed by atoms with Crippen molar-refractivity contribution in [1.29, 1.82) is 5.41 Å². The fraction of sp³-hybridized carbons (Fsp3) is 0.130. The van der Waals surface area contributed by atoms with Gasteiger partial charge in [0.25, 0.3) is 0 Å². The molecule has 0 bridgehead atoms. The van der Waals surface area contributed by atoms with Crippen molar-refractivity contribution in [1.82, 2.24) is 0 Å². The highest BCUT2D eigenvalue weighted by Gasteiger charge is 2.14. The molecule has 0 fully saturated rings. The number of furan rings is 1. The molecule has 6 aromatic carbocycles. The molecule has 0 saturated carbocycles. The van der Waals surface area contributed by atoms with Crippen LogP contribution in [0.4, 0.5) is 0 Å². The third-order valence-corrected chi connectivity index (χ3v) is 7.88. The molecule has 1 aromatic heterocycles. The third kappa shape index (κ3) is 9.39. The predicted molar refractivity (Wildman–Crippen MR) is 214 cm³/mol. The highest BCUT2D eigenvalue weighted by molar-refractivity contribution is 6.17. The van der Waals surface area contributed by atoms with Crippen molar-refractivity contribution in [3.63, 3.8) is 0 Å².